The molecule has 2 heterocycles. The maximum absolute atomic E-state index is 13.3. The first-order valence-electron chi connectivity index (χ1n) is 12.6. The molecule has 1 amide bonds. The lowest BCUT2D eigenvalue weighted by atomic mass is 9.72. The van der Waals surface area contributed by atoms with E-state index in [0.29, 0.717) is 36.1 Å². The van der Waals surface area contributed by atoms with Crippen molar-refractivity contribution < 1.29 is 23.5 Å². The number of esters is 1. The number of amides is 1. The molecule has 2 aromatic heterocycles. The van der Waals surface area contributed by atoms with E-state index in [4.69, 9.17) is 18.9 Å². The molecule has 0 saturated carbocycles. The second kappa shape index (κ2) is 11.8. The van der Waals surface area contributed by atoms with Gasteiger partial charge in [-0.15, -0.1) is 11.3 Å². The predicted octanol–water partition coefficient (Wildman–Crippen LogP) is 6.11. The first kappa shape index (κ1) is 26.7. The second-order valence-corrected chi connectivity index (χ2v) is 11.3. The van der Waals surface area contributed by atoms with Crippen molar-refractivity contribution in [3.8, 4) is 5.75 Å². The summed E-state index contributed by atoms with van der Waals surface area (Å²) in [6.45, 7) is 9.13. The number of aliphatic imine (C=N–C) groups is 1. The molecule has 3 aromatic rings. The Morgan fingerprint density at radius 1 is 1.22 bits per heavy atom. The lowest BCUT2D eigenvalue weighted by Gasteiger charge is -2.33. The average Bonchev–Trinajstić information content (AvgIpc) is 3.52. The molecule has 0 fully saturated rings. The Balaban J connectivity index is 1.53. The number of hydrogen-bond acceptors (Lipinski definition) is 7. The monoisotopic (exact) mass is 522 g/mol. The third kappa shape index (κ3) is 6.89. The Kier molecular flexibility index (Phi) is 8.48. The molecule has 0 unspecified atom stereocenters. The zero-order valence-electron chi connectivity index (χ0n) is 21.8. The highest BCUT2D eigenvalue weighted by Gasteiger charge is 2.33. The van der Waals surface area contributed by atoms with Crippen molar-refractivity contribution in [2.75, 3.05) is 13.2 Å². The van der Waals surface area contributed by atoms with Gasteiger partial charge < -0.3 is 19.2 Å². The first-order valence-corrected chi connectivity index (χ1v) is 13.4. The van der Waals surface area contributed by atoms with Gasteiger partial charge in [-0.2, -0.15) is 0 Å². The van der Waals surface area contributed by atoms with Crippen LogP contribution in [0.5, 0.6) is 5.75 Å². The molecule has 1 aliphatic carbocycles. The van der Waals surface area contributed by atoms with Gasteiger partial charge in [-0.3, -0.25) is 4.79 Å². The molecule has 0 radical (unpaired) electrons. The zero-order valence-corrected chi connectivity index (χ0v) is 22.7. The summed E-state index contributed by atoms with van der Waals surface area (Å²) in [6.07, 6.45) is 6.26. The van der Waals surface area contributed by atoms with Crippen LogP contribution in [-0.2, 0) is 28.9 Å². The van der Waals surface area contributed by atoms with E-state index in [1.807, 2.05) is 24.3 Å². The van der Waals surface area contributed by atoms with Crippen LogP contribution in [0.1, 0.15) is 66.2 Å². The van der Waals surface area contributed by atoms with Gasteiger partial charge in [0.15, 0.2) is 6.61 Å². The Morgan fingerprint density at radius 2 is 2.00 bits per heavy atom. The predicted molar refractivity (Wildman–Crippen MR) is 145 cm³/mol. The molecular formula is C29H34N2O5S. The molecule has 0 spiro atoms. The fourth-order valence-electron chi connectivity index (χ4n) is 4.43. The summed E-state index contributed by atoms with van der Waals surface area (Å²) in [4.78, 5) is 30.8. The van der Waals surface area contributed by atoms with E-state index in [0.717, 1.165) is 35.4 Å². The zero-order chi connectivity index (χ0) is 26.4. The summed E-state index contributed by atoms with van der Waals surface area (Å²) in [5.41, 5.74) is 2.87. The molecule has 8 heteroatoms. The fourth-order valence-corrected chi connectivity index (χ4v) is 5.70. The topological polar surface area (TPSA) is 90.1 Å². The molecule has 1 atom stereocenters. The smallest absolute Gasteiger partial charge is 0.344 e. The number of carbonyl (C=O) groups is 2. The van der Waals surface area contributed by atoms with E-state index in [2.05, 4.69) is 26.1 Å². The summed E-state index contributed by atoms with van der Waals surface area (Å²) < 4.78 is 15.7. The molecule has 196 valence electrons. The third-order valence-corrected chi connectivity index (χ3v) is 7.74. The molecule has 0 saturated heterocycles. The molecule has 37 heavy (non-hydrogen) atoms. The summed E-state index contributed by atoms with van der Waals surface area (Å²) in [5, 5.41) is 3.72. The van der Waals surface area contributed by atoms with Crippen LogP contribution >= 0.6 is 11.3 Å². The largest absolute Gasteiger partial charge is 0.482 e. The highest BCUT2D eigenvalue weighted by molar-refractivity contribution is 7.16. The van der Waals surface area contributed by atoms with Gasteiger partial charge in [0, 0.05) is 11.1 Å². The van der Waals surface area contributed by atoms with Crippen LogP contribution in [-0.4, -0.2) is 31.3 Å². The van der Waals surface area contributed by atoms with Gasteiger partial charge in [0.2, 0.25) is 0 Å². The molecule has 7 nitrogen and oxygen atoms in total. The second-order valence-electron chi connectivity index (χ2n) is 10.2. The van der Waals surface area contributed by atoms with Crippen molar-refractivity contribution >= 4 is 34.4 Å². The van der Waals surface area contributed by atoms with Gasteiger partial charge in [0.1, 0.15) is 16.5 Å². The number of hydrogen-bond donors (Lipinski definition) is 1. The average molecular weight is 523 g/mol. The highest BCUT2D eigenvalue weighted by atomic mass is 32.1. The molecule has 0 bridgehead atoms. The molecule has 1 aliphatic rings. The van der Waals surface area contributed by atoms with Gasteiger partial charge in [0.05, 0.1) is 25.0 Å². The number of ether oxygens (including phenoxy) is 2. The molecular weight excluding hydrogens is 488 g/mol. The van der Waals surface area contributed by atoms with Gasteiger partial charge in [-0.05, 0) is 85.0 Å². The van der Waals surface area contributed by atoms with E-state index >= 15 is 0 Å². The highest BCUT2D eigenvalue weighted by Crippen LogP contribution is 2.45. The Labute approximate surface area is 221 Å². The Hall–Kier alpha value is -3.39. The number of carbonyl (C=O) groups excluding carboxylic acids is 2. The van der Waals surface area contributed by atoms with Crippen molar-refractivity contribution in [3.63, 3.8) is 0 Å². The van der Waals surface area contributed by atoms with Crippen LogP contribution in [0, 0.1) is 11.3 Å². The maximum Gasteiger partial charge on any atom is 0.344 e. The minimum Gasteiger partial charge on any atom is -0.482 e. The van der Waals surface area contributed by atoms with Crippen LogP contribution in [0.3, 0.4) is 0 Å². The van der Waals surface area contributed by atoms with Crippen molar-refractivity contribution in [2.24, 2.45) is 16.3 Å². The van der Waals surface area contributed by atoms with E-state index in [1.165, 1.54) is 4.88 Å². The minimum absolute atomic E-state index is 0.127. The quantitative estimate of drug-likeness (QED) is 0.270. The lowest BCUT2D eigenvalue weighted by molar-refractivity contribution is -0.145. The molecule has 4 rings (SSSR count). The summed E-state index contributed by atoms with van der Waals surface area (Å²) in [7, 11) is 0. The first-order chi connectivity index (χ1) is 17.7. The van der Waals surface area contributed by atoms with Gasteiger partial charge in [0.25, 0.3) is 5.91 Å². The summed E-state index contributed by atoms with van der Waals surface area (Å²) >= 11 is 1.61. The van der Waals surface area contributed by atoms with Crippen molar-refractivity contribution in [1.82, 2.24) is 5.32 Å². The lowest BCUT2D eigenvalue weighted by Crippen LogP contribution is -2.28. The van der Waals surface area contributed by atoms with E-state index in [1.54, 1.807) is 42.9 Å². The van der Waals surface area contributed by atoms with Crippen LogP contribution in [0.2, 0.25) is 0 Å². The van der Waals surface area contributed by atoms with Crippen LogP contribution < -0.4 is 10.1 Å². The van der Waals surface area contributed by atoms with Crippen LogP contribution in [0.25, 0.3) is 0 Å². The third-order valence-electron chi connectivity index (χ3n) is 6.57. The SMILES string of the molecule is CCOC(=O)COc1ccc(C=Nc2sc3c(c2C(=O)NCc2ccco2)CC[C@H](C(C)(C)C)C3)cc1. The molecule has 0 aliphatic heterocycles. The van der Waals surface area contributed by atoms with Crippen molar-refractivity contribution in [3.05, 3.63) is 70.0 Å². The van der Waals surface area contributed by atoms with E-state index in [9.17, 15) is 9.59 Å². The molecule has 1 N–H and O–H groups in total. The van der Waals surface area contributed by atoms with Crippen molar-refractivity contribution in [2.45, 2.75) is 53.5 Å². The summed E-state index contributed by atoms with van der Waals surface area (Å²) in [6, 6.07) is 10.9. The standard InChI is InChI=1S/C29H34N2O5S/c1-5-34-25(32)18-36-21-11-8-19(9-12-21)16-31-28-26(27(33)30-17-22-7-6-14-35-22)23-13-10-20(29(2,3)4)15-24(23)37-28/h6-9,11-12,14,16,20H,5,10,13,15,17-18H2,1-4H3,(H,30,33)/t20-/m0/s1. The maximum atomic E-state index is 13.3. The van der Waals surface area contributed by atoms with Crippen molar-refractivity contribution in [1.29, 1.82) is 0 Å². The van der Waals surface area contributed by atoms with Crippen LogP contribution in [0.15, 0.2) is 52.1 Å². The summed E-state index contributed by atoms with van der Waals surface area (Å²) in [5.74, 6) is 1.32. The minimum atomic E-state index is -0.402. The number of nitrogens with zero attached hydrogens (tertiary/aromatic N) is 1. The number of thiophene rings is 1. The Bertz CT molecular complexity index is 1240. The fraction of sp³-hybridized carbons (Fsp3) is 0.414. The number of furan rings is 1. The van der Waals surface area contributed by atoms with E-state index < -0.39 is 5.97 Å². The van der Waals surface area contributed by atoms with Gasteiger partial charge in [-0.25, -0.2) is 9.79 Å². The number of benzene rings is 1. The van der Waals surface area contributed by atoms with Crippen LogP contribution in [0.4, 0.5) is 5.00 Å². The number of rotatable bonds is 9. The Morgan fingerprint density at radius 3 is 2.68 bits per heavy atom. The van der Waals surface area contributed by atoms with E-state index in [-0.39, 0.29) is 17.9 Å². The molecule has 1 aromatic carbocycles. The normalized spacial score (nSPS) is 15.4. The number of nitrogens with one attached hydrogen (secondary N) is 1. The number of fused-ring (bicyclic) bond motifs is 1. The van der Waals surface area contributed by atoms with Gasteiger partial charge in [-0.1, -0.05) is 20.8 Å². The van der Waals surface area contributed by atoms with Gasteiger partial charge >= 0.3 is 5.97 Å².